The number of H-pyrrole nitrogens is 1. The van der Waals surface area contributed by atoms with Crippen LogP contribution in [-0.4, -0.2) is 27.1 Å². The highest BCUT2D eigenvalue weighted by molar-refractivity contribution is 5.71. The lowest BCUT2D eigenvalue weighted by Crippen LogP contribution is -2.31. The van der Waals surface area contributed by atoms with E-state index in [1.165, 1.54) is 6.20 Å². The second-order valence-electron chi connectivity index (χ2n) is 4.33. The zero-order valence-corrected chi connectivity index (χ0v) is 11.2. The molecule has 21 heavy (non-hydrogen) atoms. The van der Waals surface area contributed by atoms with Crippen LogP contribution in [0.1, 0.15) is 23.9 Å². The van der Waals surface area contributed by atoms with Crippen molar-refractivity contribution in [2.45, 2.75) is 19.1 Å². The van der Waals surface area contributed by atoms with E-state index in [1.54, 1.807) is 6.20 Å². The van der Waals surface area contributed by atoms with Crippen molar-refractivity contribution in [3.05, 3.63) is 54.1 Å². The SMILES string of the molecule is O=C(O)C[C@H](NC(=O)OCc1ccccc1)c1ncc[nH]1. The number of ether oxygens (including phenoxy) is 1. The van der Waals surface area contributed by atoms with Gasteiger partial charge in [0.15, 0.2) is 0 Å². The lowest BCUT2D eigenvalue weighted by molar-refractivity contribution is -0.137. The Morgan fingerprint density at radius 1 is 1.33 bits per heavy atom. The van der Waals surface area contributed by atoms with Crippen molar-refractivity contribution < 1.29 is 19.4 Å². The largest absolute Gasteiger partial charge is 0.481 e. The number of carbonyl (C=O) groups excluding carboxylic acids is 1. The van der Waals surface area contributed by atoms with Gasteiger partial charge in [-0.1, -0.05) is 30.3 Å². The maximum atomic E-state index is 11.7. The fourth-order valence-corrected chi connectivity index (χ4v) is 1.77. The van der Waals surface area contributed by atoms with E-state index >= 15 is 0 Å². The Balaban J connectivity index is 1.90. The maximum Gasteiger partial charge on any atom is 0.408 e. The molecule has 0 saturated heterocycles. The summed E-state index contributed by atoms with van der Waals surface area (Å²) >= 11 is 0. The molecule has 0 unspecified atom stereocenters. The van der Waals surface area contributed by atoms with Crippen molar-refractivity contribution in [2.75, 3.05) is 0 Å². The summed E-state index contributed by atoms with van der Waals surface area (Å²) in [6.07, 6.45) is 2.07. The van der Waals surface area contributed by atoms with Gasteiger partial charge in [0.05, 0.1) is 6.42 Å². The van der Waals surface area contributed by atoms with Crippen LogP contribution in [0.5, 0.6) is 0 Å². The lowest BCUT2D eigenvalue weighted by Gasteiger charge is -2.14. The third kappa shape index (κ3) is 4.64. The van der Waals surface area contributed by atoms with E-state index in [-0.39, 0.29) is 13.0 Å². The van der Waals surface area contributed by atoms with E-state index in [4.69, 9.17) is 9.84 Å². The average molecular weight is 289 g/mol. The van der Waals surface area contributed by atoms with Crippen LogP contribution in [0.25, 0.3) is 0 Å². The Labute approximate surface area is 121 Å². The van der Waals surface area contributed by atoms with Crippen LogP contribution in [0.2, 0.25) is 0 Å². The minimum Gasteiger partial charge on any atom is -0.481 e. The van der Waals surface area contributed by atoms with E-state index in [0.29, 0.717) is 5.82 Å². The molecule has 1 aromatic heterocycles. The van der Waals surface area contributed by atoms with Crippen LogP contribution in [0.4, 0.5) is 4.79 Å². The zero-order valence-electron chi connectivity index (χ0n) is 11.2. The number of hydrogen-bond donors (Lipinski definition) is 3. The first-order chi connectivity index (χ1) is 10.1. The Kier molecular flexibility index (Phi) is 4.92. The van der Waals surface area contributed by atoms with Crippen molar-refractivity contribution in [1.82, 2.24) is 15.3 Å². The third-order valence-corrected chi connectivity index (χ3v) is 2.73. The van der Waals surface area contributed by atoms with E-state index in [2.05, 4.69) is 15.3 Å². The first kappa shape index (κ1) is 14.6. The predicted octanol–water partition coefficient (Wildman–Crippen LogP) is 1.85. The van der Waals surface area contributed by atoms with Gasteiger partial charge in [0.2, 0.25) is 0 Å². The summed E-state index contributed by atoms with van der Waals surface area (Å²) in [6.45, 7) is 0.116. The Bertz CT molecular complexity index is 584. The number of aliphatic carboxylic acids is 1. The summed E-state index contributed by atoms with van der Waals surface area (Å²) in [5, 5.41) is 11.4. The molecule has 2 rings (SSSR count). The first-order valence-corrected chi connectivity index (χ1v) is 6.33. The van der Waals surface area contributed by atoms with E-state index in [1.807, 2.05) is 30.3 Å². The number of amides is 1. The molecule has 0 spiro atoms. The number of carboxylic acids is 1. The van der Waals surface area contributed by atoms with Gasteiger partial charge >= 0.3 is 12.1 Å². The summed E-state index contributed by atoms with van der Waals surface area (Å²) in [4.78, 5) is 29.3. The molecule has 0 fully saturated rings. The molecule has 7 heteroatoms. The number of benzene rings is 1. The zero-order chi connectivity index (χ0) is 15.1. The normalized spacial score (nSPS) is 11.6. The van der Waals surface area contributed by atoms with Crippen LogP contribution in [0.3, 0.4) is 0 Å². The molecule has 110 valence electrons. The molecule has 3 N–H and O–H groups in total. The molecule has 2 aromatic rings. The molecule has 0 aliphatic carbocycles. The minimum absolute atomic E-state index is 0.116. The predicted molar refractivity (Wildman–Crippen MR) is 73.3 cm³/mol. The molecule has 0 aliphatic rings. The molecule has 1 heterocycles. The molecule has 0 bridgehead atoms. The number of imidazole rings is 1. The van der Waals surface area contributed by atoms with E-state index < -0.39 is 18.1 Å². The lowest BCUT2D eigenvalue weighted by atomic mass is 10.2. The van der Waals surface area contributed by atoms with Crippen molar-refractivity contribution >= 4 is 12.1 Å². The summed E-state index contributed by atoms with van der Waals surface area (Å²) in [6, 6.07) is 8.44. The van der Waals surface area contributed by atoms with Gasteiger partial charge in [0, 0.05) is 12.4 Å². The maximum absolute atomic E-state index is 11.7. The summed E-state index contributed by atoms with van der Waals surface area (Å²) in [5.41, 5.74) is 0.848. The Morgan fingerprint density at radius 2 is 2.10 bits per heavy atom. The monoisotopic (exact) mass is 289 g/mol. The molecule has 1 aromatic carbocycles. The minimum atomic E-state index is -1.04. The van der Waals surface area contributed by atoms with Gasteiger partial charge in [-0.05, 0) is 5.56 Å². The molecule has 1 atom stereocenters. The smallest absolute Gasteiger partial charge is 0.408 e. The van der Waals surface area contributed by atoms with Gasteiger partial charge in [-0.2, -0.15) is 0 Å². The average Bonchev–Trinajstić information content (AvgIpc) is 2.99. The van der Waals surface area contributed by atoms with Crippen molar-refractivity contribution in [1.29, 1.82) is 0 Å². The van der Waals surface area contributed by atoms with Gasteiger partial charge < -0.3 is 20.1 Å². The van der Waals surface area contributed by atoms with Crippen LogP contribution in [-0.2, 0) is 16.1 Å². The first-order valence-electron chi connectivity index (χ1n) is 6.33. The number of hydrogen-bond acceptors (Lipinski definition) is 4. The standard InChI is InChI=1S/C14H15N3O4/c18-12(19)8-11(13-15-6-7-16-13)17-14(20)21-9-10-4-2-1-3-5-10/h1-7,11H,8-9H2,(H,15,16)(H,17,20)(H,18,19)/t11-/m0/s1. The van der Waals surface area contributed by atoms with Gasteiger partial charge in [0.1, 0.15) is 18.5 Å². The number of carbonyl (C=O) groups is 2. The highest BCUT2D eigenvalue weighted by atomic mass is 16.5. The number of alkyl carbamates (subject to hydrolysis) is 1. The fourth-order valence-electron chi connectivity index (χ4n) is 1.77. The van der Waals surface area contributed by atoms with Crippen LogP contribution in [0.15, 0.2) is 42.7 Å². The number of aromatic nitrogens is 2. The second-order valence-corrected chi connectivity index (χ2v) is 4.33. The Hall–Kier alpha value is -2.83. The van der Waals surface area contributed by atoms with E-state index in [9.17, 15) is 9.59 Å². The number of nitrogens with zero attached hydrogens (tertiary/aromatic N) is 1. The van der Waals surface area contributed by atoms with E-state index in [0.717, 1.165) is 5.56 Å². The highest BCUT2D eigenvalue weighted by Gasteiger charge is 2.20. The number of rotatable bonds is 6. The molecular weight excluding hydrogens is 274 g/mol. The third-order valence-electron chi connectivity index (χ3n) is 2.73. The van der Waals surface area contributed by atoms with Crippen molar-refractivity contribution in [2.24, 2.45) is 0 Å². The van der Waals surface area contributed by atoms with Crippen molar-refractivity contribution in [3.8, 4) is 0 Å². The van der Waals surface area contributed by atoms with Gasteiger partial charge in [0.25, 0.3) is 0 Å². The highest BCUT2D eigenvalue weighted by Crippen LogP contribution is 2.12. The number of carboxylic acid groups (broad SMARTS) is 1. The quantitative estimate of drug-likeness (QED) is 0.752. The Morgan fingerprint density at radius 3 is 2.71 bits per heavy atom. The topological polar surface area (TPSA) is 104 Å². The molecule has 0 aliphatic heterocycles. The van der Waals surface area contributed by atoms with Crippen LogP contribution < -0.4 is 5.32 Å². The van der Waals surface area contributed by atoms with Gasteiger partial charge in [-0.25, -0.2) is 9.78 Å². The second kappa shape index (κ2) is 7.09. The fraction of sp³-hybridized carbons (Fsp3) is 0.214. The molecule has 0 radical (unpaired) electrons. The van der Waals surface area contributed by atoms with Crippen LogP contribution in [0, 0.1) is 0 Å². The molecule has 1 amide bonds. The summed E-state index contributed by atoms with van der Waals surface area (Å²) in [7, 11) is 0. The molecule has 0 saturated carbocycles. The van der Waals surface area contributed by atoms with Gasteiger partial charge in [-0.15, -0.1) is 0 Å². The van der Waals surface area contributed by atoms with Gasteiger partial charge in [-0.3, -0.25) is 4.79 Å². The summed E-state index contributed by atoms with van der Waals surface area (Å²) in [5.74, 6) is -0.672. The molecule has 7 nitrogen and oxygen atoms in total. The summed E-state index contributed by atoms with van der Waals surface area (Å²) < 4.78 is 5.05. The van der Waals surface area contributed by atoms with Crippen molar-refractivity contribution in [3.63, 3.8) is 0 Å². The van der Waals surface area contributed by atoms with Crippen LogP contribution >= 0.6 is 0 Å². The number of aromatic amines is 1. The number of nitrogens with one attached hydrogen (secondary N) is 2. The molecular formula is C14H15N3O4.